The Morgan fingerprint density at radius 2 is 1.58 bits per heavy atom. The van der Waals surface area contributed by atoms with Crippen LogP contribution in [0.2, 0.25) is 0 Å². The number of hydrogen-bond donors (Lipinski definition) is 1. The lowest BCUT2D eigenvalue weighted by Gasteiger charge is -2.72. The van der Waals surface area contributed by atoms with Gasteiger partial charge in [-0.05, 0) is 117 Å². The van der Waals surface area contributed by atoms with Crippen molar-refractivity contribution >= 4 is 11.9 Å². The van der Waals surface area contributed by atoms with E-state index in [-0.39, 0.29) is 33.5 Å². The molecule has 0 spiro atoms. The minimum absolute atomic E-state index is 0.0548. The molecular weight excluding hydrogens is 448 g/mol. The normalized spacial score (nSPS) is 51.8. The standard InChI is InChI=1S/C32H50O4/c1-20(2)22-11-16-32(27(34)35)18-17-30(6)23(26(22)32)9-10-25-29(5)14-8-13-28(4,19-36-21(3)33)24(29)12-15-31(25,30)7/h22-26H,1,8-19H2,2-7H3,(H,34,35)/t22-,23+,24-,25+,26+,28+,29-,30+,31+,32-/m0/s1. The number of rotatable bonds is 4. The number of fused-ring (bicyclic) bond motifs is 7. The molecular formula is C32H50O4. The minimum atomic E-state index is -0.550. The molecule has 0 bridgehead atoms. The van der Waals surface area contributed by atoms with E-state index in [9.17, 15) is 14.7 Å². The molecule has 0 radical (unpaired) electrons. The van der Waals surface area contributed by atoms with E-state index in [2.05, 4.69) is 41.2 Å². The number of esters is 1. The van der Waals surface area contributed by atoms with Crippen LogP contribution < -0.4 is 0 Å². The summed E-state index contributed by atoms with van der Waals surface area (Å²) >= 11 is 0. The zero-order chi connectivity index (χ0) is 26.3. The number of carbonyl (C=O) groups excluding carboxylic acids is 1. The highest BCUT2D eigenvalue weighted by atomic mass is 16.5. The smallest absolute Gasteiger partial charge is 0.309 e. The van der Waals surface area contributed by atoms with Crippen molar-refractivity contribution in [1.82, 2.24) is 0 Å². The maximum absolute atomic E-state index is 12.8. The Hall–Kier alpha value is -1.32. The average Bonchev–Trinajstić information content (AvgIpc) is 3.19. The summed E-state index contributed by atoms with van der Waals surface area (Å²) in [4.78, 5) is 24.5. The van der Waals surface area contributed by atoms with Gasteiger partial charge >= 0.3 is 11.9 Å². The fourth-order valence-electron chi connectivity index (χ4n) is 11.9. The van der Waals surface area contributed by atoms with Gasteiger partial charge in [0.2, 0.25) is 0 Å². The van der Waals surface area contributed by atoms with Crippen LogP contribution in [0.4, 0.5) is 0 Å². The summed E-state index contributed by atoms with van der Waals surface area (Å²) in [6.45, 7) is 18.7. The van der Waals surface area contributed by atoms with E-state index in [0.717, 1.165) is 38.5 Å². The quantitative estimate of drug-likeness (QED) is 0.319. The van der Waals surface area contributed by atoms with Gasteiger partial charge in [-0.2, -0.15) is 0 Å². The topological polar surface area (TPSA) is 63.6 Å². The molecule has 0 aromatic rings. The van der Waals surface area contributed by atoms with E-state index in [1.807, 2.05) is 0 Å². The van der Waals surface area contributed by atoms with Gasteiger partial charge in [0.25, 0.3) is 0 Å². The minimum Gasteiger partial charge on any atom is -0.481 e. The van der Waals surface area contributed by atoms with Crippen LogP contribution >= 0.6 is 0 Å². The molecule has 4 nitrogen and oxygen atoms in total. The van der Waals surface area contributed by atoms with Gasteiger partial charge in [-0.25, -0.2) is 0 Å². The van der Waals surface area contributed by atoms with E-state index >= 15 is 0 Å². The number of carbonyl (C=O) groups is 2. The van der Waals surface area contributed by atoms with Gasteiger partial charge in [0, 0.05) is 12.3 Å². The van der Waals surface area contributed by atoms with Gasteiger partial charge in [-0.1, -0.05) is 46.3 Å². The van der Waals surface area contributed by atoms with Crippen LogP contribution in [0.25, 0.3) is 0 Å². The molecule has 0 saturated heterocycles. The van der Waals surface area contributed by atoms with Crippen molar-refractivity contribution in [2.75, 3.05) is 6.61 Å². The van der Waals surface area contributed by atoms with Gasteiger partial charge in [-0.15, -0.1) is 0 Å². The molecule has 202 valence electrons. The first-order chi connectivity index (χ1) is 16.8. The zero-order valence-electron chi connectivity index (χ0n) is 23.8. The third kappa shape index (κ3) is 3.30. The molecule has 5 fully saturated rings. The largest absolute Gasteiger partial charge is 0.481 e. The number of hydrogen-bond acceptors (Lipinski definition) is 3. The molecule has 0 unspecified atom stereocenters. The van der Waals surface area contributed by atoms with Gasteiger partial charge in [0.05, 0.1) is 12.0 Å². The fraction of sp³-hybridized carbons (Fsp3) is 0.875. The van der Waals surface area contributed by atoms with Crippen molar-refractivity contribution in [1.29, 1.82) is 0 Å². The monoisotopic (exact) mass is 498 g/mol. The number of carboxylic acid groups (broad SMARTS) is 1. The van der Waals surface area contributed by atoms with Crippen molar-refractivity contribution in [3.63, 3.8) is 0 Å². The van der Waals surface area contributed by atoms with Crippen LogP contribution in [-0.2, 0) is 14.3 Å². The SMILES string of the molecule is C=C(C)[C@@H]1CC[C@]2(C(=O)O)CC[C@]3(C)[C@H](CC[C@@H]4[C@@]5(C)CCC[C@](C)(COC(C)=O)[C@@H]5CC[C@]43C)[C@@H]12. The molecule has 0 aliphatic heterocycles. The van der Waals surface area contributed by atoms with Crippen molar-refractivity contribution < 1.29 is 19.4 Å². The highest BCUT2D eigenvalue weighted by Crippen LogP contribution is 2.77. The van der Waals surface area contributed by atoms with Gasteiger partial charge < -0.3 is 9.84 Å². The Kier molecular flexibility index (Phi) is 6.09. The summed E-state index contributed by atoms with van der Waals surface area (Å²) in [7, 11) is 0. The Morgan fingerprint density at radius 3 is 2.22 bits per heavy atom. The molecule has 5 aliphatic rings. The first-order valence-corrected chi connectivity index (χ1v) is 14.8. The summed E-state index contributed by atoms with van der Waals surface area (Å²) in [5.74, 6) is 1.55. The first kappa shape index (κ1) is 26.3. The van der Waals surface area contributed by atoms with Crippen LogP contribution in [0, 0.1) is 56.7 Å². The molecule has 10 atom stereocenters. The molecule has 1 N–H and O–H groups in total. The highest BCUT2D eigenvalue weighted by molar-refractivity contribution is 5.76. The van der Waals surface area contributed by atoms with Crippen LogP contribution in [-0.4, -0.2) is 23.7 Å². The second-order valence-corrected chi connectivity index (χ2v) is 14.9. The first-order valence-electron chi connectivity index (χ1n) is 14.8. The molecule has 0 aromatic heterocycles. The summed E-state index contributed by atoms with van der Waals surface area (Å²) in [6.07, 6.45) is 12.1. The van der Waals surface area contributed by atoms with Crippen LogP contribution in [0.1, 0.15) is 112 Å². The zero-order valence-corrected chi connectivity index (χ0v) is 23.8. The Balaban J connectivity index is 1.52. The van der Waals surface area contributed by atoms with Crippen molar-refractivity contribution in [3.05, 3.63) is 12.2 Å². The number of allylic oxidation sites excluding steroid dienone is 1. The van der Waals surface area contributed by atoms with E-state index in [1.54, 1.807) is 0 Å². The maximum atomic E-state index is 12.8. The second kappa shape index (κ2) is 8.34. The summed E-state index contributed by atoms with van der Waals surface area (Å²) in [5.41, 5.74) is 1.33. The van der Waals surface area contributed by atoms with E-state index in [0.29, 0.717) is 30.3 Å². The van der Waals surface area contributed by atoms with Crippen LogP contribution in [0.5, 0.6) is 0 Å². The molecule has 5 saturated carbocycles. The van der Waals surface area contributed by atoms with E-state index < -0.39 is 11.4 Å². The number of ether oxygens (including phenoxy) is 1. The van der Waals surface area contributed by atoms with Crippen molar-refractivity contribution in [3.8, 4) is 0 Å². The third-order valence-electron chi connectivity index (χ3n) is 13.7. The lowest BCUT2D eigenvalue weighted by molar-refractivity contribution is -0.242. The second-order valence-electron chi connectivity index (χ2n) is 14.9. The van der Waals surface area contributed by atoms with Gasteiger partial charge in [0.15, 0.2) is 0 Å². The maximum Gasteiger partial charge on any atom is 0.309 e. The van der Waals surface area contributed by atoms with E-state index in [4.69, 9.17) is 4.74 Å². The lowest BCUT2D eigenvalue weighted by atomic mass is 9.32. The molecule has 5 rings (SSSR count). The summed E-state index contributed by atoms with van der Waals surface area (Å²) in [6, 6.07) is 0. The van der Waals surface area contributed by atoms with Crippen LogP contribution in [0.15, 0.2) is 12.2 Å². The van der Waals surface area contributed by atoms with Gasteiger partial charge in [-0.3, -0.25) is 9.59 Å². The Bertz CT molecular complexity index is 956. The fourth-order valence-corrected chi connectivity index (χ4v) is 11.9. The molecule has 5 aliphatic carbocycles. The lowest BCUT2D eigenvalue weighted by Crippen LogP contribution is -2.66. The average molecular weight is 499 g/mol. The van der Waals surface area contributed by atoms with Crippen LogP contribution in [0.3, 0.4) is 0 Å². The molecule has 0 heterocycles. The van der Waals surface area contributed by atoms with E-state index in [1.165, 1.54) is 44.6 Å². The predicted octanol–water partition coefficient (Wildman–Crippen LogP) is 7.66. The van der Waals surface area contributed by atoms with Crippen molar-refractivity contribution in [2.45, 2.75) is 112 Å². The van der Waals surface area contributed by atoms with Gasteiger partial charge in [0.1, 0.15) is 0 Å². The molecule has 0 aromatic carbocycles. The highest BCUT2D eigenvalue weighted by Gasteiger charge is 2.71. The predicted molar refractivity (Wildman–Crippen MR) is 142 cm³/mol. The molecule has 0 amide bonds. The Labute approximate surface area is 219 Å². The Morgan fingerprint density at radius 1 is 0.861 bits per heavy atom. The number of aliphatic carboxylic acids is 1. The number of carboxylic acids is 1. The molecule has 36 heavy (non-hydrogen) atoms. The molecule has 4 heteroatoms. The summed E-state index contributed by atoms with van der Waals surface area (Å²) < 4.78 is 5.66. The van der Waals surface area contributed by atoms with Crippen molar-refractivity contribution in [2.24, 2.45) is 56.7 Å². The summed E-state index contributed by atoms with van der Waals surface area (Å²) in [5, 5.41) is 10.5. The third-order valence-corrected chi connectivity index (χ3v) is 13.7.